The minimum absolute atomic E-state index is 0.218. The van der Waals surface area contributed by atoms with Crippen LogP contribution in [0.3, 0.4) is 0 Å². The standard InChI is InChI=1S/C11H9N3O/c15-11-5-3-9(4-6-11)13-14-10-2-1-7-12-8-10/h1-8,15H/b14-13+. The second kappa shape index (κ2) is 4.32. The molecule has 4 nitrogen and oxygen atoms in total. The van der Waals surface area contributed by atoms with Crippen LogP contribution in [0.15, 0.2) is 59.0 Å². The Labute approximate surface area is 86.9 Å². The van der Waals surface area contributed by atoms with E-state index in [9.17, 15) is 0 Å². The smallest absolute Gasteiger partial charge is 0.115 e. The number of aromatic hydroxyl groups is 1. The zero-order valence-electron chi connectivity index (χ0n) is 7.91. The average molecular weight is 199 g/mol. The lowest BCUT2D eigenvalue weighted by Crippen LogP contribution is -1.67. The highest BCUT2D eigenvalue weighted by atomic mass is 16.3. The van der Waals surface area contributed by atoms with Gasteiger partial charge in [0.25, 0.3) is 0 Å². The molecule has 0 saturated carbocycles. The van der Waals surface area contributed by atoms with Gasteiger partial charge in [0.05, 0.1) is 11.9 Å². The van der Waals surface area contributed by atoms with Gasteiger partial charge in [0.1, 0.15) is 11.4 Å². The molecule has 0 spiro atoms. The topological polar surface area (TPSA) is 57.8 Å². The highest BCUT2D eigenvalue weighted by Gasteiger charge is 1.90. The highest BCUT2D eigenvalue weighted by molar-refractivity contribution is 5.41. The third kappa shape index (κ3) is 2.60. The summed E-state index contributed by atoms with van der Waals surface area (Å²) in [5.74, 6) is 0.218. The van der Waals surface area contributed by atoms with Crippen LogP contribution in [-0.4, -0.2) is 10.1 Å². The van der Waals surface area contributed by atoms with Gasteiger partial charge in [-0.2, -0.15) is 5.11 Å². The van der Waals surface area contributed by atoms with Gasteiger partial charge >= 0.3 is 0 Å². The van der Waals surface area contributed by atoms with Crippen molar-refractivity contribution in [3.8, 4) is 5.75 Å². The number of phenols is 1. The van der Waals surface area contributed by atoms with Crippen molar-refractivity contribution >= 4 is 11.4 Å². The maximum Gasteiger partial charge on any atom is 0.115 e. The summed E-state index contributed by atoms with van der Waals surface area (Å²) in [6.07, 6.45) is 3.31. The summed E-state index contributed by atoms with van der Waals surface area (Å²) in [5, 5.41) is 17.0. The molecule has 1 N–H and O–H groups in total. The summed E-state index contributed by atoms with van der Waals surface area (Å²) in [4.78, 5) is 3.92. The Morgan fingerprint density at radius 1 is 0.933 bits per heavy atom. The number of nitrogens with zero attached hydrogens (tertiary/aromatic N) is 3. The lowest BCUT2D eigenvalue weighted by molar-refractivity contribution is 0.475. The van der Waals surface area contributed by atoms with E-state index in [1.54, 1.807) is 42.7 Å². The summed E-state index contributed by atoms with van der Waals surface area (Å²) >= 11 is 0. The van der Waals surface area contributed by atoms with E-state index >= 15 is 0 Å². The summed E-state index contributed by atoms with van der Waals surface area (Å²) < 4.78 is 0. The Balaban J connectivity index is 2.15. The Morgan fingerprint density at radius 2 is 1.67 bits per heavy atom. The fourth-order valence-corrected chi connectivity index (χ4v) is 1.05. The predicted octanol–water partition coefficient (Wildman–Crippen LogP) is 3.20. The third-order valence-electron chi connectivity index (χ3n) is 1.78. The molecule has 74 valence electrons. The summed E-state index contributed by atoms with van der Waals surface area (Å²) in [5.41, 5.74) is 1.39. The Kier molecular flexibility index (Phi) is 2.69. The van der Waals surface area contributed by atoms with Crippen molar-refractivity contribution in [1.29, 1.82) is 0 Å². The van der Waals surface area contributed by atoms with E-state index in [0.29, 0.717) is 11.4 Å². The molecule has 2 rings (SSSR count). The van der Waals surface area contributed by atoms with Crippen molar-refractivity contribution < 1.29 is 5.11 Å². The predicted molar refractivity (Wildman–Crippen MR) is 56.5 cm³/mol. The molecule has 0 bridgehead atoms. The lowest BCUT2D eigenvalue weighted by atomic mass is 10.3. The lowest BCUT2D eigenvalue weighted by Gasteiger charge is -1.93. The van der Waals surface area contributed by atoms with E-state index in [2.05, 4.69) is 15.2 Å². The van der Waals surface area contributed by atoms with Crippen molar-refractivity contribution in [1.82, 2.24) is 4.98 Å². The molecule has 0 aliphatic rings. The highest BCUT2D eigenvalue weighted by Crippen LogP contribution is 2.19. The van der Waals surface area contributed by atoms with Gasteiger partial charge in [0, 0.05) is 6.20 Å². The van der Waals surface area contributed by atoms with Crippen molar-refractivity contribution in [2.75, 3.05) is 0 Å². The number of hydrogen-bond acceptors (Lipinski definition) is 4. The van der Waals surface area contributed by atoms with Crippen LogP contribution < -0.4 is 0 Å². The molecule has 0 fully saturated rings. The van der Waals surface area contributed by atoms with Crippen LogP contribution in [0.4, 0.5) is 11.4 Å². The minimum Gasteiger partial charge on any atom is -0.508 e. The average Bonchev–Trinajstić information content (AvgIpc) is 2.30. The second-order valence-electron chi connectivity index (χ2n) is 2.93. The molecular weight excluding hydrogens is 190 g/mol. The molecule has 1 aromatic carbocycles. The molecule has 4 heteroatoms. The molecule has 0 atom stereocenters. The van der Waals surface area contributed by atoms with Gasteiger partial charge < -0.3 is 5.11 Å². The fourth-order valence-electron chi connectivity index (χ4n) is 1.05. The van der Waals surface area contributed by atoms with Gasteiger partial charge in [-0.25, -0.2) is 0 Å². The first-order valence-electron chi connectivity index (χ1n) is 4.45. The van der Waals surface area contributed by atoms with Crippen LogP contribution >= 0.6 is 0 Å². The van der Waals surface area contributed by atoms with Crippen LogP contribution in [0.25, 0.3) is 0 Å². The molecule has 0 amide bonds. The van der Waals surface area contributed by atoms with Crippen LogP contribution in [0, 0.1) is 0 Å². The Morgan fingerprint density at radius 3 is 2.33 bits per heavy atom. The van der Waals surface area contributed by atoms with Gasteiger partial charge in [-0.15, -0.1) is 5.11 Å². The van der Waals surface area contributed by atoms with Crippen LogP contribution in [0.5, 0.6) is 5.75 Å². The van der Waals surface area contributed by atoms with Crippen molar-refractivity contribution in [2.45, 2.75) is 0 Å². The molecule has 15 heavy (non-hydrogen) atoms. The maximum atomic E-state index is 9.06. The molecule has 0 aliphatic carbocycles. The summed E-state index contributed by atoms with van der Waals surface area (Å²) in [7, 11) is 0. The number of hydrogen-bond donors (Lipinski definition) is 1. The number of aromatic nitrogens is 1. The number of benzene rings is 1. The summed E-state index contributed by atoms with van der Waals surface area (Å²) in [6.45, 7) is 0. The third-order valence-corrected chi connectivity index (χ3v) is 1.78. The second-order valence-corrected chi connectivity index (χ2v) is 2.93. The van der Waals surface area contributed by atoms with E-state index in [4.69, 9.17) is 5.11 Å². The van der Waals surface area contributed by atoms with Gasteiger partial charge in [-0.3, -0.25) is 4.98 Å². The van der Waals surface area contributed by atoms with Crippen LogP contribution in [0.1, 0.15) is 0 Å². The zero-order valence-corrected chi connectivity index (χ0v) is 7.91. The SMILES string of the molecule is Oc1ccc(/N=N/c2cccnc2)cc1. The molecule has 0 aliphatic heterocycles. The number of rotatable bonds is 2. The molecule has 1 heterocycles. The van der Waals surface area contributed by atoms with Crippen molar-refractivity contribution in [3.63, 3.8) is 0 Å². The minimum atomic E-state index is 0.218. The van der Waals surface area contributed by atoms with Gasteiger partial charge in [0.15, 0.2) is 0 Å². The molecule has 0 radical (unpaired) electrons. The van der Waals surface area contributed by atoms with E-state index in [1.165, 1.54) is 0 Å². The first kappa shape index (κ1) is 9.33. The van der Waals surface area contributed by atoms with Gasteiger partial charge in [0.2, 0.25) is 0 Å². The van der Waals surface area contributed by atoms with E-state index in [1.807, 2.05) is 6.07 Å². The van der Waals surface area contributed by atoms with Gasteiger partial charge in [-0.05, 0) is 36.4 Å². The fraction of sp³-hybridized carbons (Fsp3) is 0. The molecular formula is C11H9N3O. The van der Waals surface area contributed by atoms with Crippen molar-refractivity contribution in [2.24, 2.45) is 10.2 Å². The molecule has 2 aromatic rings. The first-order valence-corrected chi connectivity index (χ1v) is 4.45. The van der Waals surface area contributed by atoms with Gasteiger partial charge in [-0.1, -0.05) is 0 Å². The quantitative estimate of drug-likeness (QED) is 0.755. The molecule has 0 unspecified atom stereocenters. The number of azo groups is 1. The first-order chi connectivity index (χ1) is 7.34. The Hall–Kier alpha value is -2.23. The summed E-state index contributed by atoms with van der Waals surface area (Å²) in [6, 6.07) is 10.1. The monoisotopic (exact) mass is 199 g/mol. The normalized spacial score (nSPS) is 10.7. The van der Waals surface area contributed by atoms with Crippen molar-refractivity contribution in [3.05, 3.63) is 48.8 Å². The zero-order chi connectivity index (χ0) is 10.5. The van der Waals surface area contributed by atoms with Crippen LogP contribution in [0.2, 0.25) is 0 Å². The molecule has 0 saturated heterocycles. The largest absolute Gasteiger partial charge is 0.508 e. The van der Waals surface area contributed by atoms with E-state index < -0.39 is 0 Å². The van der Waals surface area contributed by atoms with Crippen LogP contribution in [-0.2, 0) is 0 Å². The number of phenolic OH excluding ortho intramolecular Hbond substituents is 1. The Bertz CT molecular complexity index is 451. The molecule has 1 aromatic heterocycles. The maximum absolute atomic E-state index is 9.06. The van der Waals surface area contributed by atoms with E-state index in [0.717, 1.165) is 0 Å². The number of pyridine rings is 1. The van der Waals surface area contributed by atoms with E-state index in [-0.39, 0.29) is 5.75 Å².